The molecule has 3 heteroatoms. The Bertz CT molecular complexity index is 208. The van der Waals surface area contributed by atoms with E-state index in [2.05, 4.69) is 0 Å². The van der Waals surface area contributed by atoms with Crippen LogP contribution in [0.3, 0.4) is 0 Å². The van der Waals surface area contributed by atoms with Crippen molar-refractivity contribution in [2.75, 3.05) is 0 Å². The molecule has 0 aromatic carbocycles. The third kappa shape index (κ3) is 1.13. The second-order valence-electron chi connectivity index (χ2n) is 4.11. The fourth-order valence-corrected chi connectivity index (χ4v) is 2.03. The van der Waals surface area contributed by atoms with Gasteiger partial charge in [0.1, 0.15) is 5.78 Å². The molecule has 1 saturated carbocycles. The summed E-state index contributed by atoms with van der Waals surface area (Å²) >= 11 is 0. The zero-order chi connectivity index (χ0) is 9.52. The van der Waals surface area contributed by atoms with E-state index >= 15 is 0 Å². The van der Waals surface area contributed by atoms with Crippen LogP contribution in [0.1, 0.15) is 27.2 Å². The molecule has 1 rings (SSSR count). The van der Waals surface area contributed by atoms with Gasteiger partial charge in [-0.15, -0.1) is 0 Å². The van der Waals surface area contributed by atoms with Crippen LogP contribution < -0.4 is 0 Å². The average Bonchev–Trinajstić information content (AvgIpc) is 1.83. The first kappa shape index (κ1) is 9.23. The van der Waals surface area contributed by atoms with E-state index in [9.17, 15) is 9.59 Å². The second kappa shape index (κ2) is 2.57. The molecule has 0 aromatic rings. The number of rotatable bonds is 2. The lowest BCUT2D eigenvalue weighted by atomic mass is 9.53. The molecule has 0 heterocycles. The second-order valence-corrected chi connectivity index (χ2v) is 4.11. The predicted octanol–water partition coefficient (Wildman–Crippen LogP) is 1.32. The highest BCUT2D eigenvalue weighted by Crippen LogP contribution is 2.51. The van der Waals surface area contributed by atoms with E-state index in [-0.39, 0.29) is 23.0 Å². The van der Waals surface area contributed by atoms with Crippen LogP contribution in [0.4, 0.5) is 0 Å². The molecule has 0 spiro atoms. The fraction of sp³-hybridized carbons (Fsp3) is 0.778. The Balaban J connectivity index is 2.72. The molecular formula is C9H14O3. The molecule has 0 radical (unpaired) electrons. The summed E-state index contributed by atoms with van der Waals surface area (Å²) in [5.41, 5.74) is -0.350. The molecule has 12 heavy (non-hydrogen) atoms. The maximum Gasteiger partial charge on any atom is 0.307 e. The number of Topliss-reactive ketones (excluding diaryl/α,β-unsaturated/α-hetero) is 1. The number of carbonyl (C=O) groups is 2. The van der Waals surface area contributed by atoms with Crippen LogP contribution in [0, 0.1) is 17.3 Å². The quantitative estimate of drug-likeness (QED) is 0.680. The predicted molar refractivity (Wildman–Crippen MR) is 43.7 cm³/mol. The van der Waals surface area contributed by atoms with Crippen molar-refractivity contribution in [2.45, 2.75) is 27.2 Å². The summed E-state index contributed by atoms with van der Waals surface area (Å²) in [7, 11) is 0. The summed E-state index contributed by atoms with van der Waals surface area (Å²) in [6.07, 6.45) is 0.512. The van der Waals surface area contributed by atoms with Crippen LogP contribution in [0.2, 0.25) is 0 Å². The molecule has 0 bridgehead atoms. The molecule has 0 aromatic heterocycles. The van der Waals surface area contributed by atoms with E-state index in [1.807, 2.05) is 13.8 Å². The normalized spacial score (nSPS) is 32.2. The van der Waals surface area contributed by atoms with Gasteiger partial charge in [-0.05, 0) is 18.8 Å². The number of hydrogen-bond acceptors (Lipinski definition) is 2. The monoisotopic (exact) mass is 170 g/mol. The number of ketones is 1. The van der Waals surface area contributed by atoms with Crippen LogP contribution in [0.25, 0.3) is 0 Å². The van der Waals surface area contributed by atoms with Gasteiger partial charge in [-0.1, -0.05) is 13.8 Å². The van der Waals surface area contributed by atoms with E-state index in [1.165, 1.54) is 6.92 Å². The summed E-state index contributed by atoms with van der Waals surface area (Å²) in [4.78, 5) is 21.7. The fourth-order valence-electron chi connectivity index (χ4n) is 2.03. The van der Waals surface area contributed by atoms with E-state index in [0.717, 1.165) is 0 Å². The molecule has 68 valence electrons. The molecule has 1 fully saturated rings. The van der Waals surface area contributed by atoms with Gasteiger partial charge in [0.05, 0.1) is 5.92 Å². The molecule has 0 aliphatic heterocycles. The van der Waals surface area contributed by atoms with Crippen LogP contribution in [0.5, 0.6) is 0 Å². The minimum atomic E-state index is -0.780. The summed E-state index contributed by atoms with van der Waals surface area (Å²) in [6, 6.07) is 0. The van der Waals surface area contributed by atoms with Gasteiger partial charge in [0, 0.05) is 5.92 Å². The molecule has 1 N–H and O–H groups in total. The zero-order valence-corrected chi connectivity index (χ0v) is 7.63. The standard InChI is InChI=1S/C9H14O3/c1-5(10)6-4-7(8(11)12)9(6,2)3/h6-7H,4H2,1-3H3,(H,11,12)/t6?,7-/m0/s1. The summed E-state index contributed by atoms with van der Waals surface area (Å²) in [5, 5.41) is 8.76. The molecule has 0 saturated heterocycles. The number of carboxylic acids is 1. The van der Waals surface area contributed by atoms with Crippen molar-refractivity contribution < 1.29 is 14.7 Å². The largest absolute Gasteiger partial charge is 0.481 e. The Morgan fingerprint density at radius 2 is 1.83 bits per heavy atom. The summed E-state index contributed by atoms with van der Waals surface area (Å²) in [5.74, 6) is -1.07. The molecule has 3 nitrogen and oxygen atoms in total. The van der Waals surface area contributed by atoms with Crippen LogP contribution in [-0.4, -0.2) is 16.9 Å². The van der Waals surface area contributed by atoms with E-state index in [0.29, 0.717) is 6.42 Å². The molecular weight excluding hydrogens is 156 g/mol. The Labute approximate surface area is 71.8 Å². The van der Waals surface area contributed by atoms with Crippen molar-refractivity contribution in [3.05, 3.63) is 0 Å². The molecule has 1 aliphatic carbocycles. The molecule has 1 unspecified atom stereocenters. The van der Waals surface area contributed by atoms with Gasteiger partial charge in [-0.2, -0.15) is 0 Å². The number of aliphatic carboxylic acids is 1. The smallest absolute Gasteiger partial charge is 0.307 e. The van der Waals surface area contributed by atoms with Gasteiger partial charge in [-0.25, -0.2) is 0 Å². The highest BCUT2D eigenvalue weighted by atomic mass is 16.4. The van der Waals surface area contributed by atoms with Crippen LogP contribution >= 0.6 is 0 Å². The first-order valence-electron chi connectivity index (χ1n) is 4.10. The maximum absolute atomic E-state index is 11.0. The molecule has 0 amide bonds. The first-order chi connectivity index (χ1) is 5.37. The highest BCUT2D eigenvalue weighted by Gasteiger charge is 2.53. The van der Waals surface area contributed by atoms with Crippen molar-refractivity contribution in [3.8, 4) is 0 Å². The van der Waals surface area contributed by atoms with Crippen molar-refractivity contribution in [1.82, 2.24) is 0 Å². The van der Waals surface area contributed by atoms with Gasteiger partial charge in [0.15, 0.2) is 0 Å². The van der Waals surface area contributed by atoms with Crippen LogP contribution in [0.15, 0.2) is 0 Å². The van der Waals surface area contributed by atoms with Crippen LogP contribution in [-0.2, 0) is 9.59 Å². The van der Waals surface area contributed by atoms with Gasteiger partial charge in [0.25, 0.3) is 0 Å². The third-order valence-electron chi connectivity index (χ3n) is 3.06. The van der Waals surface area contributed by atoms with Gasteiger partial charge < -0.3 is 5.11 Å². The number of carboxylic acid groups (broad SMARTS) is 1. The van der Waals surface area contributed by atoms with E-state index < -0.39 is 5.97 Å². The molecule has 1 aliphatic rings. The third-order valence-corrected chi connectivity index (χ3v) is 3.06. The zero-order valence-electron chi connectivity index (χ0n) is 7.63. The lowest BCUT2D eigenvalue weighted by molar-refractivity contribution is -0.162. The SMILES string of the molecule is CC(=O)C1C[C@@H](C(=O)O)C1(C)C. The lowest BCUT2D eigenvalue weighted by Gasteiger charge is -2.48. The Morgan fingerprint density at radius 1 is 1.33 bits per heavy atom. The van der Waals surface area contributed by atoms with Gasteiger partial charge >= 0.3 is 5.97 Å². The number of carbonyl (C=O) groups excluding carboxylic acids is 1. The first-order valence-corrected chi connectivity index (χ1v) is 4.10. The number of hydrogen-bond donors (Lipinski definition) is 1. The lowest BCUT2D eigenvalue weighted by Crippen LogP contribution is -2.51. The van der Waals surface area contributed by atoms with Gasteiger partial charge in [0.2, 0.25) is 0 Å². The Kier molecular flexibility index (Phi) is 1.98. The summed E-state index contributed by atoms with van der Waals surface area (Å²) < 4.78 is 0. The van der Waals surface area contributed by atoms with Gasteiger partial charge in [-0.3, -0.25) is 9.59 Å². The van der Waals surface area contributed by atoms with Crippen molar-refractivity contribution >= 4 is 11.8 Å². The average molecular weight is 170 g/mol. The maximum atomic E-state index is 11.0. The molecule has 2 atom stereocenters. The Hall–Kier alpha value is -0.860. The van der Waals surface area contributed by atoms with E-state index in [1.54, 1.807) is 0 Å². The van der Waals surface area contributed by atoms with Crippen molar-refractivity contribution in [1.29, 1.82) is 0 Å². The van der Waals surface area contributed by atoms with Crippen molar-refractivity contribution in [2.24, 2.45) is 17.3 Å². The highest BCUT2D eigenvalue weighted by molar-refractivity contribution is 5.84. The topological polar surface area (TPSA) is 54.4 Å². The van der Waals surface area contributed by atoms with E-state index in [4.69, 9.17) is 5.11 Å². The Morgan fingerprint density at radius 3 is 2.08 bits per heavy atom. The minimum absolute atomic E-state index is 0.0569. The summed E-state index contributed by atoms with van der Waals surface area (Å²) in [6.45, 7) is 5.23. The minimum Gasteiger partial charge on any atom is -0.481 e. The van der Waals surface area contributed by atoms with Crippen molar-refractivity contribution in [3.63, 3.8) is 0 Å².